The first-order valence-corrected chi connectivity index (χ1v) is 3.95. The van der Waals surface area contributed by atoms with Crippen molar-refractivity contribution in [3.05, 3.63) is 54.3 Å². The van der Waals surface area contributed by atoms with Crippen LogP contribution in [0.1, 0.15) is 0 Å². The van der Waals surface area contributed by atoms with Gasteiger partial charge >= 0.3 is 0 Å². The van der Waals surface area contributed by atoms with Crippen molar-refractivity contribution in [3.8, 4) is 11.1 Å². The summed E-state index contributed by atoms with van der Waals surface area (Å²) in [6.45, 7) is 0. The minimum atomic E-state index is 0.780. The van der Waals surface area contributed by atoms with Gasteiger partial charge in [0.25, 0.3) is 0 Å². The minimum absolute atomic E-state index is 0.780. The largest absolute Gasteiger partial charge is 0.619 e. The Kier molecular flexibility index (Phi) is 1.92. The highest BCUT2D eigenvalue weighted by molar-refractivity contribution is 5.59. The van der Waals surface area contributed by atoms with E-state index in [-0.39, 0.29) is 0 Å². The first-order valence-electron chi connectivity index (χ1n) is 3.95. The Bertz CT molecular complexity index is 401. The third-order valence-electron chi connectivity index (χ3n) is 1.77. The normalized spacial score (nSPS) is 9.85. The van der Waals surface area contributed by atoms with Crippen molar-refractivity contribution >= 4 is 0 Å². The fraction of sp³-hybridized carbons (Fsp3) is 0. The molecule has 0 fully saturated rings. The lowest BCUT2D eigenvalue weighted by atomic mass is 10.1. The maximum Gasteiger partial charge on any atom is 0.188 e. The maximum absolute atomic E-state index is 11.0. The molecule has 0 spiro atoms. The summed E-state index contributed by atoms with van der Waals surface area (Å²) in [5.41, 5.74) is 1.83. The molecular formula is C10H8N2O. The number of hydrogen-bond donors (Lipinski definition) is 0. The van der Waals surface area contributed by atoms with Crippen LogP contribution in [0.15, 0.2) is 49.1 Å². The summed E-state index contributed by atoms with van der Waals surface area (Å²) in [4.78, 5) is 3.98. The second-order valence-electron chi connectivity index (χ2n) is 2.69. The van der Waals surface area contributed by atoms with Gasteiger partial charge < -0.3 is 5.21 Å². The molecule has 0 aliphatic carbocycles. The summed E-state index contributed by atoms with van der Waals surface area (Å²) in [6.07, 6.45) is 6.42. The lowest BCUT2D eigenvalue weighted by Crippen LogP contribution is -2.23. The van der Waals surface area contributed by atoms with E-state index in [0.717, 1.165) is 15.9 Å². The SMILES string of the molecule is [O-][n+]1cccc(-c2cccnc2)c1. The third kappa shape index (κ3) is 1.64. The van der Waals surface area contributed by atoms with Gasteiger partial charge in [-0.2, -0.15) is 4.73 Å². The highest BCUT2D eigenvalue weighted by atomic mass is 16.5. The second-order valence-corrected chi connectivity index (χ2v) is 2.69. The molecule has 0 aromatic carbocycles. The van der Waals surface area contributed by atoms with Gasteiger partial charge in [-0.1, -0.05) is 6.07 Å². The lowest BCUT2D eigenvalue weighted by Gasteiger charge is -1.99. The molecular weight excluding hydrogens is 164 g/mol. The van der Waals surface area contributed by atoms with Crippen molar-refractivity contribution in [2.75, 3.05) is 0 Å². The monoisotopic (exact) mass is 172 g/mol. The molecule has 2 heterocycles. The highest BCUT2D eigenvalue weighted by Crippen LogP contribution is 2.14. The van der Waals surface area contributed by atoms with Gasteiger partial charge in [0.1, 0.15) is 0 Å². The minimum Gasteiger partial charge on any atom is -0.619 e. The van der Waals surface area contributed by atoms with Crippen molar-refractivity contribution in [1.29, 1.82) is 0 Å². The van der Waals surface area contributed by atoms with Crippen LogP contribution in [0.4, 0.5) is 0 Å². The average Bonchev–Trinajstić information content (AvgIpc) is 2.19. The molecule has 0 amide bonds. The molecule has 0 N–H and O–H groups in total. The van der Waals surface area contributed by atoms with E-state index in [4.69, 9.17) is 0 Å². The van der Waals surface area contributed by atoms with Crippen LogP contribution in [-0.4, -0.2) is 4.98 Å². The van der Waals surface area contributed by atoms with Crippen molar-refractivity contribution in [3.63, 3.8) is 0 Å². The van der Waals surface area contributed by atoms with Gasteiger partial charge in [0.2, 0.25) is 0 Å². The molecule has 0 radical (unpaired) electrons. The molecule has 0 aliphatic rings. The number of hydrogen-bond acceptors (Lipinski definition) is 2. The summed E-state index contributed by atoms with van der Waals surface area (Å²) in [5.74, 6) is 0. The zero-order valence-electron chi connectivity index (χ0n) is 6.92. The second kappa shape index (κ2) is 3.23. The Hall–Kier alpha value is -1.90. The Labute approximate surface area is 75.9 Å². The first-order chi connectivity index (χ1) is 6.36. The van der Waals surface area contributed by atoms with Gasteiger partial charge in [-0.25, -0.2) is 0 Å². The number of aromatic nitrogens is 2. The van der Waals surface area contributed by atoms with Crippen LogP contribution in [0.3, 0.4) is 0 Å². The zero-order valence-corrected chi connectivity index (χ0v) is 6.92. The van der Waals surface area contributed by atoms with Gasteiger partial charge in [-0.15, -0.1) is 0 Å². The summed E-state index contributed by atoms with van der Waals surface area (Å²) in [6, 6.07) is 7.36. The fourth-order valence-electron chi connectivity index (χ4n) is 1.16. The third-order valence-corrected chi connectivity index (χ3v) is 1.77. The first kappa shape index (κ1) is 7.73. The van der Waals surface area contributed by atoms with E-state index in [2.05, 4.69) is 4.98 Å². The quantitative estimate of drug-likeness (QED) is 0.481. The van der Waals surface area contributed by atoms with Crippen molar-refractivity contribution in [1.82, 2.24) is 4.98 Å². The van der Waals surface area contributed by atoms with Gasteiger partial charge in [-0.05, 0) is 12.1 Å². The molecule has 3 nitrogen and oxygen atoms in total. The van der Waals surface area contributed by atoms with Gasteiger partial charge in [0.05, 0.1) is 0 Å². The smallest absolute Gasteiger partial charge is 0.188 e. The molecule has 0 saturated heterocycles. The summed E-state index contributed by atoms with van der Waals surface area (Å²) in [5, 5.41) is 11.0. The maximum atomic E-state index is 11.0. The van der Waals surface area contributed by atoms with Crippen LogP contribution >= 0.6 is 0 Å². The summed E-state index contributed by atoms with van der Waals surface area (Å²) in [7, 11) is 0. The Morgan fingerprint density at radius 3 is 2.69 bits per heavy atom. The number of rotatable bonds is 1. The summed E-state index contributed by atoms with van der Waals surface area (Å²) < 4.78 is 0.780. The van der Waals surface area contributed by atoms with E-state index in [1.165, 1.54) is 12.4 Å². The molecule has 0 bridgehead atoms. The predicted molar refractivity (Wildman–Crippen MR) is 48.6 cm³/mol. The molecule has 0 unspecified atom stereocenters. The van der Waals surface area contributed by atoms with Crippen LogP contribution < -0.4 is 4.73 Å². The Morgan fingerprint density at radius 2 is 2.00 bits per heavy atom. The highest BCUT2D eigenvalue weighted by Gasteiger charge is 1.99. The van der Waals surface area contributed by atoms with Gasteiger partial charge in [-0.3, -0.25) is 4.98 Å². The molecule has 2 aromatic heterocycles. The molecule has 2 aromatic rings. The van der Waals surface area contributed by atoms with E-state index in [1.54, 1.807) is 18.5 Å². The van der Waals surface area contributed by atoms with Gasteiger partial charge in [0, 0.05) is 29.6 Å². The topological polar surface area (TPSA) is 39.8 Å². The standard InChI is InChI=1S/C10H8N2O/c13-12-6-2-4-10(8-12)9-3-1-5-11-7-9/h1-8H. The Morgan fingerprint density at radius 1 is 1.15 bits per heavy atom. The molecule has 2 rings (SSSR count). The van der Waals surface area contributed by atoms with Crippen LogP contribution in [0.2, 0.25) is 0 Å². The molecule has 0 saturated carbocycles. The van der Waals surface area contributed by atoms with E-state index in [0.29, 0.717) is 0 Å². The predicted octanol–water partition coefficient (Wildman–Crippen LogP) is 1.38. The molecule has 64 valence electrons. The van der Waals surface area contributed by atoms with E-state index < -0.39 is 0 Å². The van der Waals surface area contributed by atoms with E-state index in [9.17, 15) is 5.21 Å². The lowest BCUT2D eigenvalue weighted by molar-refractivity contribution is -0.604. The Balaban J connectivity index is 2.48. The average molecular weight is 172 g/mol. The van der Waals surface area contributed by atoms with Crippen LogP contribution in [-0.2, 0) is 0 Å². The zero-order chi connectivity index (χ0) is 9.10. The van der Waals surface area contributed by atoms with Crippen molar-refractivity contribution in [2.24, 2.45) is 0 Å². The van der Waals surface area contributed by atoms with Crippen molar-refractivity contribution < 1.29 is 4.73 Å². The number of nitrogens with zero attached hydrogens (tertiary/aromatic N) is 2. The van der Waals surface area contributed by atoms with Crippen LogP contribution in [0.25, 0.3) is 11.1 Å². The number of pyridine rings is 2. The van der Waals surface area contributed by atoms with E-state index >= 15 is 0 Å². The molecule has 3 heteroatoms. The van der Waals surface area contributed by atoms with Crippen LogP contribution in [0.5, 0.6) is 0 Å². The van der Waals surface area contributed by atoms with E-state index in [1.807, 2.05) is 18.2 Å². The molecule has 0 aliphatic heterocycles. The molecule has 0 atom stereocenters. The van der Waals surface area contributed by atoms with Crippen molar-refractivity contribution in [2.45, 2.75) is 0 Å². The van der Waals surface area contributed by atoms with Gasteiger partial charge in [0.15, 0.2) is 12.4 Å². The fourth-order valence-corrected chi connectivity index (χ4v) is 1.16. The summed E-state index contributed by atoms with van der Waals surface area (Å²) >= 11 is 0. The molecule has 13 heavy (non-hydrogen) atoms. The van der Waals surface area contributed by atoms with Crippen LogP contribution in [0, 0.1) is 5.21 Å².